The summed E-state index contributed by atoms with van der Waals surface area (Å²) in [5.74, 6) is 0.682. The Morgan fingerprint density at radius 3 is 2.47 bits per heavy atom. The number of ether oxygens (including phenoxy) is 1. The molecule has 1 saturated heterocycles. The molecule has 7 aromatic rings. The predicted molar refractivity (Wildman–Crippen MR) is 172 cm³/mol. The van der Waals surface area contributed by atoms with Crippen molar-refractivity contribution >= 4 is 45.3 Å². The normalized spacial score (nSPS) is 13.4. The van der Waals surface area contributed by atoms with Crippen LogP contribution in [0.1, 0.15) is 0 Å². The van der Waals surface area contributed by atoms with E-state index in [1.54, 1.807) is 42.6 Å². The second-order valence-corrected chi connectivity index (χ2v) is 11.5. The Labute approximate surface area is 269 Å². The largest absolute Gasteiger partial charge is 0.423 e. The van der Waals surface area contributed by atoms with E-state index in [9.17, 15) is 9.18 Å². The maximum atomic E-state index is 13.5. The molecular formula is C33H23FN8O4S. The number of hydrogen-bond donors (Lipinski definition) is 0. The van der Waals surface area contributed by atoms with Crippen LogP contribution >= 0.6 is 11.8 Å². The van der Waals surface area contributed by atoms with Crippen molar-refractivity contribution in [2.75, 3.05) is 36.0 Å². The lowest BCUT2D eigenvalue weighted by Crippen LogP contribution is -2.47. The van der Waals surface area contributed by atoms with Crippen molar-refractivity contribution in [3.63, 3.8) is 0 Å². The average Bonchev–Trinajstić information content (AvgIpc) is 3.56. The van der Waals surface area contributed by atoms with E-state index >= 15 is 0 Å². The van der Waals surface area contributed by atoms with Gasteiger partial charge in [-0.1, -0.05) is 30.3 Å². The third-order valence-electron chi connectivity index (χ3n) is 7.60. The highest BCUT2D eigenvalue weighted by Crippen LogP contribution is 2.32. The van der Waals surface area contributed by atoms with Crippen LogP contribution in [0.4, 0.5) is 16.0 Å². The van der Waals surface area contributed by atoms with E-state index < -0.39 is 5.63 Å². The molecule has 12 nitrogen and oxygen atoms in total. The molecule has 1 aliphatic heterocycles. The Hall–Kier alpha value is -5.89. The van der Waals surface area contributed by atoms with Gasteiger partial charge in [-0.05, 0) is 54.6 Å². The van der Waals surface area contributed by atoms with Gasteiger partial charge >= 0.3 is 11.6 Å². The van der Waals surface area contributed by atoms with E-state index in [1.807, 2.05) is 41.3 Å². The Kier molecular flexibility index (Phi) is 7.38. The van der Waals surface area contributed by atoms with Gasteiger partial charge in [0.05, 0.1) is 5.52 Å². The van der Waals surface area contributed by atoms with Crippen LogP contribution in [0.2, 0.25) is 0 Å². The Morgan fingerprint density at radius 2 is 1.60 bits per heavy atom. The molecule has 1 fully saturated rings. The molecule has 0 saturated carbocycles. The molecule has 232 valence electrons. The minimum atomic E-state index is -0.591. The van der Waals surface area contributed by atoms with Crippen LogP contribution in [-0.4, -0.2) is 56.3 Å². The molecule has 8 rings (SSSR count). The summed E-state index contributed by atoms with van der Waals surface area (Å²) in [5.41, 5.74) is 1.72. The summed E-state index contributed by atoms with van der Waals surface area (Å²) in [5, 5.41) is 10.1. The highest BCUT2D eigenvalue weighted by molar-refractivity contribution is 7.98. The van der Waals surface area contributed by atoms with Gasteiger partial charge in [0.25, 0.3) is 11.1 Å². The first kappa shape index (κ1) is 28.6. The number of anilines is 2. The van der Waals surface area contributed by atoms with Crippen LogP contribution < -0.4 is 20.2 Å². The van der Waals surface area contributed by atoms with E-state index in [0.29, 0.717) is 43.5 Å². The van der Waals surface area contributed by atoms with Crippen molar-refractivity contribution in [1.29, 1.82) is 0 Å². The summed E-state index contributed by atoms with van der Waals surface area (Å²) < 4.78 is 31.0. The summed E-state index contributed by atoms with van der Waals surface area (Å²) in [6, 6.07) is 24.7. The van der Waals surface area contributed by atoms with Gasteiger partial charge in [-0.2, -0.15) is 15.0 Å². The van der Waals surface area contributed by atoms with Crippen LogP contribution in [0.25, 0.3) is 33.3 Å². The number of piperazine rings is 1. The number of para-hydroxylation sites is 2. The summed E-state index contributed by atoms with van der Waals surface area (Å²) in [6.45, 7) is 2.55. The minimum absolute atomic E-state index is 0.0120. The molecule has 4 aromatic heterocycles. The molecule has 0 atom stereocenters. The van der Waals surface area contributed by atoms with Crippen LogP contribution in [0, 0.1) is 5.82 Å². The van der Waals surface area contributed by atoms with Crippen molar-refractivity contribution in [3.8, 4) is 23.2 Å². The summed E-state index contributed by atoms with van der Waals surface area (Å²) in [6.07, 6.45) is 1.66. The van der Waals surface area contributed by atoms with Gasteiger partial charge < -0.3 is 23.4 Å². The standard InChI is InChI=1S/C33H23FN8O4S/c34-21-9-11-22(12-10-21)41-15-17-42(18-16-41)30-36-31(45-27-13-14-35-25-7-3-2-6-23(25)27)38-32(37-30)47-33-40-39-28(46-33)24-19-20-5-1-4-8-26(20)44-29(24)43/h1-14,19H,15-18H2. The first-order valence-electron chi connectivity index (χ1n) is 14.6. The lowest BCUT2D eigenvalue weighted by atomic mass is 10.2. The quantitative estimate of drug-likeness (QED) is 0.188. The molecular weight excluding hydrogens is 623 g/mol. The zero-order chi connectivity index (χ0) is 31.7. The third kappa shape index (κ3) is 5.93. The highest BCUT2D eigenvalue weighted by Gasteiger charge is 2.23. The summed E-state index contributed by atoms with van der Waals surface area (Å²) >= 11 is 1.02. The molecule has 3 aromatic carbocycles. The summed E-state index contributed by atoms with van der Waals surface area (Å²) in [4.78, 5) is 35.2. The van der Waals surface area contributed by atoms with Gasteiger partial charge in [-0.25, -0.2) is 9.18 Å². The molecule has 0 bridgehead atoms. The van der Waals surface area contributed by atoms with Gasteiger partial charge in [0.15, 0.2) is 0 Å². The number of rotatable bonds is 7. The van der Waals surface area contributed by atoms with E-state index in [4.69, 9.17) is 18.6 Å². The van der Waals surface area contributed by atoms with Crippen LogP contribution in [-0.2, 0) is 0 Å². The Morgan fingerprint density at radius 1 is 0.809 bits per heavy atom. The Bertz CT molecular complexity index is 2280. The third-order valence-corrected chi connectivity index (χ3v) is 8.31. The van der Waals surface area contributed by atoms with E-state index in [-0.39, 0.29) is 33.7 Å². The maximum absolute atomic E-state index is 13.5. The first-order chi connectivity index (χ1) is 23.1. The number of fused-ring (bicyclic) bond motifs is 2. The predicted octanol–water partition coefficient (Wildman–Crippen LogP) is 5.99. The summed E-state index contributed by atoms with van der Waals surface area (Å²) in [7, 11) is 0. The van der Waals surface area contributed by atoms with Gasteiger partial charge in [-0.15, -0.1) is 10.2 Å². The molecule has 14 heteroatoms. The van der Waals surface area contributed by atoms with Crippen LogP contribution in [0.5, 0.6) is 11.8 Å². The molecule has 0 unspecified atom stereocenters. The van der Waals surface area contributed by atoms with Crippen LogP contribution in [0.15, 0.2) is 115 Å². The zero-order valence-electron chi connectivity index (χ0n) is 24.5. The molecule has 0 radical (unpaired) electrons. The number of hydrogen-bond acceptors (Lipinski definition) is 13. The van der Waals surface area contributed by atoms with Crippen molar-refractivity contribution in [3.05, 3.63) is 107 Å². The monoisotopic (exact) mass is 646 g/mol. The van der Waals surface area contributed by atoms with Crippen molar-refractivity contribution in [2.45, 2.75) is 10.4 Å². The van der Waals surface area contributed by atoms with E-state index in [2.05, 4.69) is 30.0 Å². The van der Waals surface area contributed by atoms with Gasteiger partial charge in [0.1, 0.15) is 22.7 Å². The number of benzene rings is 3. The first-order valence-corrected chi connectivity index (χ1v) is 15.5. The topological polar surface area (TPSA) is 136 Å². The van der Waals surface area contributed by atoms with E-state index in [0.717, 1.165) is 33.7 Å². The lowest BCUT2D eigenvalue weighted by Gasteiger charge is -2.36. The van der Waals surface area contributed by atoms with Crippen molar-refractivity contribution < 1.29 is 18.0 Å². The fraction of sp³-hybridized carbons (Fsp3) is 0.121. The fourth-order valence-corrected chi connectivity index (χ4v) is 5.89. The molecule has 0 aliphatic carbocycles. The number of aromatic nitrogens is 6. The van der Waals surface area contributed by atoms with Crippen molar-refractivity contribution in [1.82, 2.24) is 30.1 Å². The smallest absolute Gasteiger partial charge is 0.349 e. The molecule has 1 aliphatic rings. The van der Waals surface area contributed by atoms with Crippen molar-refractivity contribution in [2.24, 2.45) is 0 Å². The van der Waals surface area contributed by atoms with Gasteiger partial charge in [0.2, 0.25) is 11.1 Å². The molecule has 0 N–H and O–H groups in total. The fourth-order valence-electron chi connectivity index (χ4n) is 5.28. The number of halogens is 1. The molecule has 0 amide bonds. The van der Waals surface area contributed by atoms with Gasteiger partial charge in [0, 0.05) is 60.6 Å². The SMILES string of the molecule is O=c1oc2ccccc2cc1-c1nnc(Sc2nc(Oc3ccnc4ccccc34)nc(N3CCN(c4ccc(F)cc4)CC3)n2)o1. The zero-order valence-corrected chi connectivity index (χ0v) is 25.3. The highest BCUT2D eigenvalue weighted by atomic mass is 32.2. The number of pyridine rings is 1. The minimum Gasteiger partial charge on any atom is -0.423 e. The second kappa shape index (κ2) is 12.1. The second-order valence-electron chi connectivity index (χ2n) is 10.5. The average molecular weight is 647 g/mol. The van der Waals surface area contributed by atoms with Crippen LogP contribution in [0.3, 0.4) is 0 Å². The lowest BCUT2D eigenvalue weighted by molar-refractivity contribution is 0.434. The number of nitrogens with zero attached hydrogens (tertiary/aromatic N) is 8. The molecule has 5 heterocycles. The molecule has 47 heavy (non-hydrogen) atoms. The maximum Gasteiger partial charge on any atom is 0.349 e. The molecule has 0 spiro atoms. The van der Waals surface area contributed by atoms with E-state index in [1.165, 1.54) is 12.1 Å². The Balaban J connectivity index is 1.10. The van der Waals surface area contributed by atoms with Gasteiger partial charge in [-0.3, -0.25) is 4.98 Å².